The molecule has 1 N–H and O–H groups in total. The number of fused-ring (bicyclic) bond motifs is 5. The predicted octanol–water partition coefficient (Wildman–Crippen LogP) is 1.79. The van der Waals surface area contributed by atoms with Crippen LogP contribution in [-0.4, -0.2) is 25.2 Å². The molecule has 0 aliphatic carbocycles. The van der Waals surface area contributed by atoms with Crippen LogP contribution in [0.1, 0.15) is 30.1 Å². The maximum atomic E-state index is 11.6. The molecule has 0 fully saturated rings. The van der Waals surface area contributed by atoms with E-state index in [1.807, 2.05) is 6.92 Å². The highest BCUT2D eigenvalue weighted by Crippen LogP contribution is 2.39. The second kappa shape index (κ2) is 3.67. The number of thiophene rings is 1. The second-order valence-corrected chi connectivity index (χ2v) is 6.84. The molecule has 6 nitrogen and oxygen atoms in total. The Balaban J connectivity index is 2.15. The summed E-state index contributed by atoms with van der Waals surface area (Å²) in [6.07, 6.45) is 0.809. The monoisotopic (exact) mass is 290 g/mol. The van der Waals surface area contributed by atoms with Crippen LogP contribution >= 0.6 is 11.3 Å². The van der Waals surface area contributed by atoms with Crippen molar-refractivity contribution in [3.63, 3.8) is 0 Å². The van der Waals surface area contributed by atoms with E-state index in [2.05, 4.69) is 28.9 Å². The molecule has 0 unspecified atom stereocenters. The maximum Gasteiger partial charge on any atom is 0.362 e. The van der Waals surface area contributed by atoms with Gasteiger partial charge in [0.05, 0.1) is 17.6 Å². The van der Waals surface area contributed by atoms with Crippen LogP contribution in [-0.2, 0) is 17.8 Å². The van der Waals surface area contributed by atoms with E-state index in [-0.39, 0.29) is 11.3 Å². The van der Waals surface area contributed by atoms with Crippen LogP contribution in [0.15, 0.2) is 4.79 Å². The Hall–Kier alpha value is -1.73. The van der Waals surface area contributed by atoms with Crippen LogP contribution in [0.4, 0.5) is 0 Å². The van der Waals surface area contributed by atoms with E-state index < -0.39 is 0 Å². The van der Waals surface area contributed by atoms with Crippen LogP contribution < -0.4 is 5.69 Å². The summed E-state index contributed by atoms with van der Waals surface area (Å²) in [5, 5.41) is 3.69. The van der Waals surface area contributed by atoms with Gasteiger partial charge in [0.25, 0.3) is 0 Å². The number of nitrogens with one attached hydrogen (secondary N) is 1. The van der Waals surface area contributed by atoms with Gasteiger partial charge in [0, 0.05) is 11.3 Å². The van der Waals surface area contributed by atoms with Crippen molar-refractivity contribution in [2.45, 2.75) is 39.4 Å². The zero-order chi connectivity index (χ0) is 14.1. The minimum atomic E-state index is -0.339. The molecule has 0 aromatic carbocycles. The van der Waals surface area contributed by atoms with E-state index in [1.54, 1.807) is 15.9 Å². The molecule has 0 amide bonds. The van der Waals surface area contributed by atoms with Crippen molar-refractivity contribution in [1.29, 1.82) is 0 Å². The molecule has 4 rings (SSSR count). The van der Waals surface area contributed by atoms with Gasteiger partial charge in [-0.1, -0.05) is 0 Å². The fraction of sp³-hybridized carbons (Fsp3) is 0.462. The molecule has 0 radical (unpaired) electrons. The van der Waals surface area contributed by atoms with Gasteiger partial charge in [-0.15, -0.1) is 11.3 Å². The van der Waals surface area contributed by atoms with Crippen molar-refractivity contribution in [1.82, 2.24) is 19.6 Å². The zero-order valence-electron chi connectivity index (χ0n) is 11.5. The topological polar surface area (TPSA) is 72.3 Å². The van der Waals surface area contributed by atoms with Gasteiger partial charge in [-0.25, -0.2) is 19.4 Å². The van der Waals surface area contributed by atoms with E-state index >= 15 is 0 Å². The van der Waals surface area contributed by atoms with Gasteiger partial charge in [-0.05, 0) is 26.3 Å². The van der Waals surface area contributed by atoms with Crippen molar-refractivity contribution >= 4 is 27.2 Å². The van der Waals surface area contributed by atoms with Gasteiger partial charge in [0.15, 0.2) is 5.65 Å². The largest absolute Gasteiger partial charge is 0.370 e. The fourth-order valence-electron chi connectivity index (χ4n) is 2.77. The van der Waals surface area contributed by atoms with Crippen molar-refractivity contribution in [2.24, 2.45) is 0 Å². The molecule has 1 aliphatic heterocycles. The molecule has 0 bridgehead atoms. The summed E-state index contributed by atoms with van der Waals surface area (Å²) in [5.41, 5.74) is 1.36. The first kappa shape index (κ1) is 12.0. The Morgan fingerprint density at radius 1 is 1.40 bits per heavy atom. The standard InChI is InChI=1S/C13H14N4O2S/c1-6-14-11-9(10-15-12(18)16-17(6)10)7-4-13(2,3)19-5-8(7)20-11/h4-5H2,1-3H3,(H,16,18). The smallest absolute Gasteiger partial charge is 0.362 e. The van der Waals surface area contributed by atoms with Gasteiger partial charge in [-0.2, -0.15) is 4.98 Å². The number of aryl methyl sites for hydroxylation is 1. The summed E-state index contributed by atoms with van der Waals surface area (Å²) < 4.78 is 7.52. The minimum Gasteiger partial charge on any atom is -0.370 e. The average Bonchev–Trinajstić information content (AvgIpc) is 2.88. The van der Waals surface area contributed by atoms with Gasteiger partial charge < -0.3 is 4.74 Å². The molecule has 1 aliphatic rings. The summed E-state index contributed by atoms with van der Waals surface area (Å²) in [6, 6.07) is 0. The van der Waals surface area contributed by atoms with Crippen LogP contribution in [0, 0.1) is 6.92 Å². The number of aromatic amines is 1. The van der Waals surface area contributed by atoms with Crippen molar-refractivity contribution < 1.29 is 4.74 Å². The van der Waals surface area contributed by atoms with Crippen LogP contribution in [0.25, 0.3) is 15.9 Å². The summed E-state index contributed by atoms with van der Waals surface area (Å²) in [5.74, 6) is 0.737. The maximum absolute atomic E-state index is 11.6. The average molecular weight is 290 g/mol. The highest BCUT2D eigenvalue weighted by atomic mass is 32.1. The Labute approximate surface area is 118 Å². The third-order valence-corrected chi connectivity index (χ3v) is 4.81. The van der Waals surface area contributed by atoms with Crippen LogP contribution in [0.3, 0.4) is 0 Å². The predicted molar refractivity (Wildman–Crippen MR) is 76.3 cm³/mol. The van der Waals surface area contributed by atoms with E-state index in [0.717, 1.165) is 22.5 Å². The summed E-state index contributed by atoms with van der Waals surface area (Å²) in [4.78, 5) is 22.4. The lowest BCUT2D eigenvalue weighted by Crippen LogP contribution is -2.31. The Morgan fingerprint density at radius 2 is 2.20 bits per heavy atom. The zero-order valence-corrected chi connectivity index (χ0v) is 12.3. The van der Waals surface area contributed by atoms with E-state index in [0.29, 0.717) is 12.3 Å². The summed E-state index contributed by atoms with van der Waals surface area (Å²) in [7, 11) is 0. The van der Waals surface area contributed by atoms with Crippen LogP contribution in [0.5, 0.6) is 0 Å². The Kier molecular flexibility index (Phi) is 2.21. The Bertz CT molecular complexity index is 903. The molecule has 0 atom stereocenters. The number of rotatable bonds is 0. The third kappa shape index (κ3) is 1.56. The molecule has 0 saturated carbocycles. The number of hydrogen-bond acceptors (Lipinski definition) is 5. The van der Waals surface area contributed by atoms with Gasteiger partial charge >= 0.3 is 5.69 Å². The lowest BCUT2D eigenvalue weighted by atomic mass is 9.94. The lowest BCUT2D eigenvalue weighted by molar-refractivity contribution is -0.0379. The molecular formula is C13H14N4O2S. The highest BCUT2D eigenvalue weighted by Gasteiger charge is 2.30. The number of hydrogen-bond donors (Lipinski definition) is 1. The molecule has 104 valence electrons. The SMILES string of the molecule is Cc1nc2sc3c(c2c2nc(=O)[nH]n12)CC(C)(C)OC3. The third-order valence-electron chi connectivity index (χ3n) is 3.71. The molecular weight excluding hydrogens is 276 g/mol. The molecule has 4 heterocycles. The van der Waals surface area contributed by atoms with Crippen molar-refractivity contribution in [3.8, 4) is 0 Å². The lowest BCUT2D eigenvalue weighted by Gasteiger charge is -2.30. The first-order valence-corrected chi connectivity index (χ1v) is 7.30. The summed E-state index contributed by atoms with van der Waals surface area (Å²) >= 11 is 1.63. The first-order valence-electron chi connectivity index (χ1n) is 6.48. The molecule has 20 heavy (non-hydrogen) atoms. The molecule has 3 aromatic rings. The van der Waals surface area contributed by atoms with Gasteiger partial charge in [0.2, 0.25) is 0 Å². The normalized spacial score (nSPS) is 17.8. The number of nitrogens with zero attached hydrogens (tertiary/aromatic N) is 3. The number of H-pyrrole nitrogens is 1. The van der Waals surface area contributed by atoms with E-state index in [1.165, 1.54) is 10.4 Å². The highest BCUT2D eigenvalue weighted by molar-refractivity contribution is 7.19. The van der Waals surface area contributed by atoms with E-state index in [9.17, 15) is 4.79 Å². The van der Waals surface area contributed by atoms with Crippen molar-refractivity contribution in [3.05, 3.63) is 26.7 Å². The Morgan fingerprint density at radius 3 is 3.00 bits per heavy atom. The first-order chi connectivity index (χ1) is 9.44. The van der Waals surface area contributed by atoms with Gasteiger partial charge in [0.1, 0.15) is 10.7 Å². The van der Waals surface area contributed by atoms with Crippen LogP contribution in [0.2, 0.25) is 0 Å². The second-order valence-electron chi connectivity index (χ2n) is 5.76. The summed E-state index contributed by atoms with van der Waals surface area (Å²) in [6.45, 7) is 6.62. The fourth-order valence-corrected chi connectivity index (χ4v) is 3.91. The minimum absolute atomic E-state index is 0.195. The van der Waals surface area contributed by atoms with Crippen molar-refractivity contribution in [2.75, 3.05) is 0 Å². The quantitative estimate of drug-likeness (QED) is 0.685. The number of aromatic nitrogens is 4. The molecule has 0 saturated heterocycles. The number of ether oxygens (including phenoxy) is 1. The molecule has 0 spiro atoms. The molecule has 3 aromatic heterocycles. The molecule has 7 heteroatoms. The van der Waals surface area contributed by atoms with E-state index in [4.69, 9.17) is 4.74 Å². The van der Waals surface area contributed by atoms with Gasteiger partial charge in [-0.3, -0.25) is 0 Å².